The highest BCUT2D eigenvalue weighted by Crippen LogP contribution is 2.22. The largest absolute Gasteiger partial charge is 0.399 e. The van der Waals surface area contributed by atoms with Crippen LogP contribution in [0.2, 0.25) is 0 Å². The van der Waals surface area contributed by atoms with Crippen LogP contribution in [0, 0.1) is 5.92 Å². The molecule has 96 valence electrons. The van der Waals surface area contributed by atoms with E-state index in [0.717, 1.165) is 29.9 Å². The van der Waals surface area contributed by atoms with Crippen LogP contribution in [0.3, 0.4) is 0 Å². The first-order valence-electron chi connectivity index (χ1n) is 6.12. The van der Waals surface area contributed by atoms with Gasteiger partial charge in [0.15, 0.2) is 0 Å². The van der Waals surface area contributed by atoms with Crippen molar-refractivity contribution in [3.05, 3.63) is 39.3 Å². The minimum absolute atomic E-state index is 0.105. The van der Waals surface area contributed by atoms with Gasteiger partial charge in [0.1, 0.15) is 0 Å². The standard InChI is InChI=1S/C14H18N2OS/c1-10(2)6-7-16-13(9-18-14(16)17)11-4-3-5-12(15)8-11/h3-5,8-10H,6-7,15H2,1-2H3. The van der Waals surface area contributed by atoms with Crippen LogP contribution in [-0.2, 0) is 6.54 Å². The number of hydrogen-bond acceptors (Lipinski definition) is 3. The first-order chi connectivity index (χ1) is 8.58. The van der Waals surface area contributed by atoms with E-state index < -0.39 is 0 Å². The molecule has 2 N–H and O–H groups in total. The van der Waals surface area contributed by atoms with Gasteiger partial charge in [-0.2, -0.15) is 0 Å². The van der Waals surface area contributed by atoms with Crippen LogP contribution in [0.25, 0.3) is 11.3 Å². The van der Waals surface area contributed by atoms with Crippen LogP contribution in [0.15, 0.2) is 34.4 Å². The first-order valence-corrected chi connectivity index (χ1v) is 7.00. The lowest BCUT2D eigenvalue weighted by Crippen LogP contribution is -2.15. The molecular formula is C14H18N2OS. The molecule has 0 saturated carbocycles. The number of aromatic nitrogens is 1. The zero-order valence-corrected chi connectivity index (χ0v) is 11.5. The summed E-state index contributed by atoms with van der Waals surface area (Å²) < 4.78 is 1.85. The van der Waals surface area contributed by atoms with Gasteiger partial charge in [-0.25, -0.2) is 0 Å². The van der Waals surface area contributed by atoms with Crippen molar-refractivity contribution in [1.29, 1.82) is 0 Å². The van der Waals surface area contributed by atoms with E-state index in [2.05, 4.69) is 13.8 Å². The third-order valence-electron chi connectivity index (χ3n) is 2.90. The highest BCUT2D eigenvalue weighted by atomic mass is 32.1. The fourth-order valence-electron chi connectivity index (χ4n) is 1.85. The van der Waals surface area contributed by atoms with Gasteiger partial charge in [-0.15, -0.1) is 0 Å². The monoisotopic (exact) mass is 262 g/mol. The molecule has 0 amide bonds. The van der Waals surface area contributed by atoms with Gasteiger partial charge >= 0.3 is 4.87 Å². The van der Waals surface area contributed by atoms with E-state index in [9.17, 15) is 4.79 Å². The van der Waals surface area contributed by atoms with E-state index in [1.165, 1.54) is 11.3 Å². The zero-order chi connectivity index (χ0) is 13.1. The van der Waals surface area contributed by atoms with Gasteiger partial charge in [-0.3, -0.25) is 9.36 Å². The summed E-state index contributed by atoms with van der Waals surface area (Å²) in [6.45, 7) is 5.10. The molecule has 1 aromatic heterocycles. The summed E-state index contributed by atoms with van der Waals surface area (Å²) in [5, 5.41) is 1.91. The van der Waals surface area contributed by atoms with Gasteiger partial charge in [-0.05, 0) is 24.5 Å². The number of nitrogens with zero attached hydrogens (tertiary/aromatic N) is 1. The first kappa shape index (κ1) is 12.9. The molecule has 2 aromatic rings. The van der Waals surface area contributed by atoms with Crippen LogP contribution < -0.4 is 10.6 Å². The lowest BCUT2D eigenvalue weighted by Gasteiger charge is -2.09. The molecule has 0 bridgehead atoms. The number of nitrogens with two attached hydrogens (primary N) is 1. The Morgan fingerprint density at radius 3 is 2.83 bits per heavy atom. The van der Waals surface area contributed by atoms with E-state index in [-0.39, 0.29) is 4.87 Å². The highest BCUT2D eigenvalue weighted by Gasteiger charge is 2.09. The summed E-state index contributed by atoms with van der Waals surface area (Å²) in [5.74, 6) is 0.588. The zero-order valence-electron chi connectivity index (χ0n) is 10.7. The topological polar surface area (TPSA) is 48.0 Å². The fraction of sp³-hybridized carbons (Fsp3) is 0.357. The van der Waals surface area contributed by atoms with Crippen molar-refractivity contribution in [3.63, 3.8) is 0 Å². The molecule has 0 aliphatic heterocycles. The second-order valence-corrected chi connectivity index (χ2v) is 5.67. The molecule has 4 heteroatoms. The van der Waals surface area contributed by atoms with E-state index in [0.29, 0.717) is 5.92 Å². The SMILES string of the molecule is CC(C)CCn1c(-c2cccc(N)c2)csc1=O. The van der Waals surface area contributed by atoms with Gasteiger partial charge < -0.3 is 5.73 Å². The van der Waals surface area contributed by atoms with Crippen molar-refractivity contribution in [3.8, 4) is 11.3 Å². The van der Waals surface area contributed by atoms with Crippen molar-refractivity contribution in [1.82, 2.24) is 4.57 Å². The fourth-order valence-corrected chi connectivity index (χ4v) is 2.65. The minimum Gasteiger partial charge on any atom is -0.399 e. The second-order valence-electron chi connectivity index (χ2n) is 4.85. The van der Waals surface area contributed by atoms with Crippen LogP contribution >= 0.6 is 11.3 Å². The Hall–Kier alpha value is -1.55. The quantitative estimate of drug-likeness (QED) is 0.860. The summed E-state index contributed by atoms with van der Waals surface area (Å²) in [4.78, 5) is 12.0. The summed E-state index contributed by atoms with van der Waals surface area (Å²) in [7, 11) is 0. The number of nitrogen functional groups attached to an aromatic ring is 1. The normalized spacial score (nSPS) is 11.1. The number of thiazole rings is 1. The average molecular weight is 262 g/mol. The maximum atomic E-state index is 11.9. The lowest BCUT2D eigenvalue weighted by atomic mass is 10.1. The van der Waals surface area contributed by atoms with Gasteiger partial charge in [-0.1, -0.05) is 37.3 Å². The lowest BCUT2D eigenvalue weighted by molar-refractivity contribution is 0.515. The number of benzene rings is 1. The maximum Gasteiger partial charge on any atom is 0.307 e. The van der Waals surface area contributed by atoms with E-state index in [1.54, 1.807) is 0 Å². The molecule has 1 heterocycles. The third-order valence-corrected chi connectivity index (χ3v) is 3.66. The Balaban J connectivity index is 2.36. The molecule has 0 fully saturated rings. The third kappa shape index (κ3) is 2.82. The van der Waals surface area contributed by atoms with Gasteiger partial charge in [0, 0.05) is 23.2 Å². The molecule has 0 unspecified atom stereocenters. The maximum absolute atomic E-state index is 11.9. The average Bonchev–Trinajstić information content (AvgIpc) is 2.68. The molecular weight excluding hydrogens is 244 g/mol. The minimum atomic E-state index is 0.105. The summed E-state index contributed by atoms with van der Waals surface area (Å²) in [5.41, 5.74) is 8.50. The molecule has 0 aliphatic rings. The Bertz CT molecular complexity index is 583. The summed E-state index contributed by atoms with van der Waals surface area (Å²) >= 11 is 1.25. The van der Waals surface area contributed by atoms with Gasteiger partial charge in [0.05, 0.1) is 5.69 Å². The van der Waals surface area contributed by atoms with Crippen molar-refractivity contribution in [2.45, 2.75) is 26.8 Å². The molecule has 18 heavy (non-hydrogen) atoms. The van der Waals surface area contributed by atoms with Crippen LogP contribution in [0.4, 0.5) is 5.69 Å². The second kappa shape index (κ2) is 5.40. The van der Waals surface area contributed by atoms with Crippen molar-refractivity contribution in [2.24, 2.45) is 5.92 Å². The van der Waals surface area contributed by atoms with E-state index in [4.69, 9.17) is 5.73 Å². The van der Waals surface area contributed by atoms with Crippen LogP contribution in [0.5, 0.6) is 0 Å². The van der Waals surface area contributed by atoms with Crippen LogP contribution in [0.1, 0.15) is 20.3 Å². The Morgan fingerprint density at radius 1 is 1.39 bits per heavy atom. The predicted octanol–water partition coefficient (Wildman–Crippen LogP) is 3.21. The predicted molar refractivity (Wildman–Crippen MR) is 77.9 cm³/mol. The molecule has 0 saturated heterocycles. The Morgan fingerprint density at radius 2 is 2.17 bits per heavy atom. The smallest absolute Gasteiger partial charge is 0.307 e. The highest BCUT2D eigenvalue weighted by molar-refractivity contribution is 7.07. The number of hydrogen-bond donors (Lipinski definition) is 1. The molecule has 2 rings (SSSR count). The van der Waals surface area contributed by atoms with Gasteiger partial charge in [0.2, 0.25) is 0 Å². The number of anilines is 1. The Labute approximate surface area is 111 Å². The van der Waals surface area contributed by atoms with Gasteiger partial charge in [0.25, 0.3) is 0 Å². The summed E-state index contributed by atoms with van der Waals surface area (Å²) in [6.07, 6.45) is 1.01. The number of rotatable bonds is 4. The molecule has 3 nitrogen and oxygen atoms in total. The summed E-state index contributed by atoms with van der Waals surface area (Å²) in [6, 6.07) is 7.67. The van der Waals surface area contributed by atoms with Crippen molar-refractivity contribution >= 4 is 17.0 Å². The molecule has 1 aromatic carbocycles. The van der Waals surface area contributed by atoms with E-state index in [1.807, 2.05) is 34.2 Å². The molecule has 0 atom stereocenters. The molecule has 0 radical (unpaired) electrons. The van der Waals surface area contributed by atoms with Crippen molar-refractivity contribution < 1.29 is 0 Å². The molecule has 0 spiro atoms. The van der Waals surface area contributed by atoms with E-state index >= 15 is 0 Å². The van der Waals surface area contributed by atoms with Crippen LogP contribution in [-0.4, -0.2) is 4.57 Å². The Kier molecular flexibility index (Phi) is 3.87. The molecule has 0 aliphatic carbocycles. The van der Waals surface area contributed by atoms with Crippen molar-refractivity contribution in [2.75, 3.05) is 5.73 Å².